The average Bonchev–Trinajstić information content (AvgIpc) is 2.62. The molecule has 0 bridgehead atoms. The maximum absolute atomic E-state index is 9.27. The van der Waals surface area contributed by atoms with Crippen molar-refractivity contribution in [1.82, 2.24) is 0 Å². The molecule has 0 aliphatic heterocycles. The van der Waals surface area contributed by atoms with E-state index in [9.17, 15) is 5.26 Å². The van der Waals surface area contributed by atoms with E-state index in [1.54, 1.807) is 30.3 Å². The van der Waals surface area contributed by atoms with E-state index in [1.807, 2.05) is 6.07 Å². The van der Waals surface area contributed by atoms with Crippen LogP contribution in [0.15, 0.2) is 23.8 Å². The van der Waals surface area contributed by atoms with E-state index in [4.69, 9.17) is 26.9 Å². The summed E-state index contributed by atoms with van der Waals surface area (Å²) < 4.78 is 5.32. The van der Waals surface area contributed by atoms with Crippen molar-refractivity contribution in [2.24, 2.45) is 5.92 Å². The van der Waals surface area contributed by atoms with E-state index in [1.165, 1.54) is 7.11 Å². The van der Waals surface area contributed by atoms with Crippen LogP contribution in [0.25, 0.3) is 5.57 Å². The van der Waals surface area contributed by atoms with E-state index in [0.29, 0.717) is 23.1 Å². The number of allylic oxidation sites excluding steroid dienone is 2. The van der Waals surface area contributed by atoms with Crippen LogP contribution < -0.4 is 10.1 Å². The summed E-state index contributed by atoms with van der Waals surface area (Å²) in [4.78, 5) is 0. The molecule has 0 aromatic heterocycles. The molecule has 0 radical (unpaired) electrons. The second-order valence-electron chi connectivity index (χ2n) is 5.32. The van der Waals surface area contributed by atoms with Gasteiger partial charge in [-0.15, -0.1) is 11.6 Å². The molecule has 0 aliphatic rings. The fourth-order valence-electron chi connectivity index (χ4n) is 2.22. The highest BCUT2D eigenvalue weighted by Crippen LogP contribution is 2.30. The predicted octanol–water partition coefficient (Wildman–Crippen LogP) is 4.09. The number of hydrogen-bond acceptors (Lipinski definition) is 5. The molecule has 1 N–H and O–H groups in total. The van der Waals surface area contributed by atoms with Gasteiger partial charge in [0, 0.05) is 29.7 Å². The number of ether oxygens (including phenoxy) is 1. The Balaban J connectivity index is 3.02. The summed E-state index contributed by atoms with van der Waals surface area (Å²) >= 11 is 5.70. The van der Waals surface area contributed by atoms with Gasteiger partial charge in [-0.25, -0.2) is 0 Å². The topological polar surface area (TPSA) is 92.6 Å². The first-order valence-corrected chi connectivity index (χ1v) is 8.07. The van der Waals surface area contributed by atoms with Crippen molar-refractivity contribution in [3.8, 4) is 24.0 Å². The van der Waals surface area contributed by atoms with Gasteiger partial charge in [0.2, 0.25) is 0 Å². The molecule has 0 saturated carbocycles. The van der Waals surface area contributed by atoms with E-state index in [-0.39, 0.29) is 11.1 Å². The molecule has 5 nitrogen and oxygen atoms in total. The first-order chi connectivity index (χ1) is 11.6. The van der Waals surface area contributed by atoms with Gasteiger partial charge in [-0.3, -0.25) is 0 Å². The van der Waals surface area contributed by atoms with E-state index >= 15 is 0 Å². The summed E-state index contributed by atoms with van der Waals surface area (Å²) in [5.41, 5.74) is 1.06. The molecule has 1 rings (SSSR count). The monoisotopic (exact) mass is 342 g/mol. The van der Waals surface area contributed by atoms with Gasteiger partial charge in [0.15, 0.2) is 0 Å². The first kappa shape index (κ1) is 19.4. The molecule has 124 valence electrons. The Morgan fingerprint density at radius 1 is 1.25 bits per heavy atom. The van der Waals surface area contributed by atoms with Gasteiger partial charge in [-0.2, -0.15) is 15.8 Å². The largest absolute Gasteiger partial charge is 0.496 e. The van der Waals surface area contributed by atoms with Crippen LogP contribution in [0.4, 0.5) is 5.69 Å². The van der Waals surface area contributed by atoms with Gasteiger partial charge in [0.1, 0.15) is 29.5 Å². The summed E-state index contributed by atoms with van der Waals surface area (Å²) in [6.45, 7) is 2.94. The second kappa shape index (κ2) is 10.2. The number of rotatable bonds is 8. The lowest BCUT2D eigenvalue weighted by molar-refractivity contribution is 0.414. The van der Waals surface area contributed by atoms with Crippen LogP contribution in [-0.4, -0.2) is 19.5 Å². The summed E-state index contributed by atoms with van der Waals surface area (Å²) in [7, 11) is 1.49. The number of hydrogen-bond donors (Lipinski definition) is 1. The van der Waals surface area contributed by atoms with Crippen molar-refractivity contribution in [2.45, 2.75) is 19.8 Å². The van der Waals surface area contributed by atoms with Crippen LogP contribution in [0.2, 0.25) is 0 Å². The Morgan fingerprint density at radius 3 is 2.50 bits per heavy atom. The third-order valence-corrected chi connectivity index (χ3v) is 3.81. The lowest BCUT2D eigenvalue weighted by atomic mass is 10.0. The van der Waals surface area contributed by atoms with E-state index in [2.05, 4.69) is 12.2 Å². The molecule has 24 heavy (non-hydrogen) atoms. The number of nitriles is 3. The number of nitrogens with zero attached hydrogens (tertiary/aromatic N) is 3. The zero-order valence-electron chi connectivity index (χ0n) is 13.8. The maximum atomic E-state index is 9.27. The van der Waals surface area contributed by atoms with Crippen molar-refractivity contribution in [3.05, 3.63) is 29.3 Å². The zero-order chi connectivity index (χ0) is 17.9. The quantitative estimate of drug-likeness (QED) is 0.567. The summed E-state index contributed by atoms with van der Waals surface area (Å²) in [5.74, 6) is 1.58. The van der Waals surface area contributed by atoms with Crippen LogP contribution in [0.1, 0.15) is 25.3 Å². The fraction of sp³-hybridized carbons (Fsp3) is 0.389. The molecular weight excluding hydrogens is 324 g/mol. The van der Waals surface area contributed by atoms with Gasteiger partial charge in [0.05, 0.1) is 12.7 Å². The zero-order valence-corrected chi connectivity index (χ0v) is 14.5. The minimum absolute atomic E-state index is 0.0129. The Kier molecular flexibility index (Phi) is 8.20. The number of nitrogens with one attached hydrogen (secondary N) is 1. The summed E-state index contributed by atoms with van der Waals surface area (Å²) in [6, 6.07) is 10.6. The molecule has 1 aromatic carbocycles. The number of anilines is 1. The summed E-state index contributed by atoms with van der Waals surface area (Å²) in [6.07, 6.45) is 2.02. The molecule has 1 aromatic rings. The Labute approximate surface area is 147 Å². The number of methoxy groups -OCH3 is 1. The molecule has 0 saturated heterocycles. The number of halogens is 1. The van der Waals surface area contributed by atoms with Crippen molar-refractivity contribution < 1.29 is 4.74 Å². The maximum Gasteiger partial charge on any atom is 0.148 e. The van der Waals surface area contributed by atoms with Gasteiger partial charge < -0.3 is 10.1 Å². The van der Waals surface area contributed by atoms with E-state index < -0.39 is 0 Å². The lowest BCUT2D eigenvalue weighted by Gasteiger charge is -2.15. The molecule has 0 amide bonds. The van der Waals surface area contributed by atoms with Gasteiger partial charge in [0.25, 0.3) is 0 Å². The van der Waals surface area contributed by atoms with Crippen LogP contribution >= 0.6 is 11.6 Å². The molecule has 0 heterocycles. The second-order valence-corrected chi connectivity index (χ2v) is 5.70. The standard InChI is InChI=1S/C18H19ClN4O/c1-13(4-3-7-19)12-23-15-5-6-16(18(8-15)24-2)17(11-22)14(9-20)10-21/h5-6,8,13,23H,3-4,7,12H2,1-2H3. The van der Waals surface area contributed by atoms with Gasteiger partial charge >= 0.3 is 0 Å². The predicted molar refractivity (Wildman–Crippen MR) is 94.4 cm³/mol. The molecule has 0 aliphatic carbocycles. The highest BCUT2D eigenvalue weighted by molar-refractivity contribution is 6.17. The average molecular weight is 343 g/mol. The highest BCUT2D eigenvalue weighted by atomic mass is 35.5. The Morgan fingerprint density at radius 2 is 1.96 bits per heavy atom. The van der Waals surface area contributed by atoms with Crippen molar-refractivity contribution in [3.63, 3.8) is 0 Å². The highest BCUT2D eigenvalue weighted by Gasteiger charge is 2.14. The molecular formula is C18H19ClN4O. The molecule has 6 heteroatoms. The van der Waals surface area contributed by atoms with Crippen molar-refractivity contribution >= 4 is 22.9 Å². The first-order valence-electron chi connectivity index (χ1n) is 7.54. The van der Waals surface area contributed by atoms with Crippen LogP contribution in [0.3, 0.4) is 0 Å². The SMILES string of the molecule is COc1cc(NCC(C)CCCCl)ccc1C(C#N)=C(C#N)C#N. The molecule has 0 fully saturated rings. The lowest BCUT2D eigenvalue weighted by Crippen LogP contribution is -2.11. The fourth-order valence-corrected chi connectivity index (χ4v) is 2.37. The normalized spacial score (nSPS) is 10.7. The number of benzene rings is 1. The number of alkyl halides is 1. The molecule has 1 unspecified atom stereocenters. The van der Waals surface area contributed by atoms with E-state index in [0.717, 1.165) is 25.1 Å². The van der Waals surface area contributed by atoms with Crippen molar-refractivity contribution in [2.75, 3.05) is 24.9 Å². The van der Waals surface area contributed by atoms with Gasteiger partial charge in [-0.1, -0.05) is 6.92 Å². The van der Waals surface area contributed by atoms with Crippen molar-refractivity contribution in [1.29, 1.82) is 15.8 Å². The molecule has 1 atom stereocenters. The third-order valence-electron chi connectivity index (χ3n) is 3.54. The van der Waals surface area contributed by atoms with Gasteiger partial charge in [-0.05, 0) is 30.9 Å². The third kappa shape index (κ3) is 5.20. The Hall–Kier alpha value is -2.68. The minimum Gasteiger partial charge on any atom is -0.496 e. The van der Waals surface area contributed by atoms with Crippen LogP contribution in [0.5, 0.6) is 5.75 Å². The summed E-state index contributed by atoms with van der Waals surface area (Å²) in [5, 5.41) is 30.5. The van der Waals surface area contributed by atoms with Crippen LogP contribution in [-0.2, 0) is 0 Å². The Bertz CT molecular complexity index is 706. The molecule has 0 spiro atoms. The minimum atomic E-state index is -0.230. The van der Waals surface area contributed by atoms with Crippen LogP contribution in [0, 0.1) is 39.9 Å². The smallest absolute Gasteiger partial charge is 0.148 e.